The number of benzene rings is 2. The van der Waals surface area contributed by atoms with Crippen LogP contribution in [-0.4, -0.2) is 34.3 Å². The largest absolute Gasteiger partial charge is 0.480 e. The molecule has 0 radical (unpaired) electrons. The molecule has 0 saturated heterocycles. The Morgan fingerprint density at radius 1 is 0.826 bits per heavy atom. The van der Waals surface area contributed by atoms with Crippen LogP contribution in [0, 0.1) is 0 Å². The van der Waals surface area contributed by atoms with Crippen LogP contribution in [0.2, 0.25) is 0 Å². The van der Waals surface area contributed by atoms with E-state index in [4.69, 9.17) is 5.11 Å². The number of aliphatic carboxylic acids is 1. The van der Waals surface area contributed by atoms with Crippen LogP contribution >= 0.6 is 25.3 Å². The number of carboxylic acid groups (broad SMARTS) is 1. The lowest BCUT2D eigenvalue weighted by Crippen LogP contribution is -2.41. The summed E-state index contributed by atoms with van der Waals surface area (Å²) >= 11 is 8.35. The highest BCUT2D eigenvalue weighted by atomic mass is 32.1. The highest BCUT2D eigenvalue weighted by Gasteiger charge is 2.28. The summed E-state index contributed by atoms with van der Waals surface area (Å²) in [6, 6.07) is 12.8. The minimum Gasteiger partial charge on any atom is -0.480 e. The number of rotatable bonds is 4. The maximum atomic E-state index is 12.6. The standard InChI is InChI=1S/C16H13NO4S2/c18-14(19)9-17(15(20)10-5-1-3-7-12(10)22)16(21)11-6-2-4-8-13(11)23/h1-8,22-23H,9H2,(H,18,19). The Bertz CT molecular complexity index is 719. The molecule has 7 heteroatoms. The van der Waals surface area contributed by atoms with Crippen LogP contribution in [-0.2, 0) is 4.79 Å². The predicted octanol–water partition coefficient (Wildman–Crippen LogP) is 2.63. The average molecular weight is 347 g/mol. The van der Waals surface area contributed by atoms with Crippen molar-refractivity contribution in [3.05, 3.63) is 59.7 Å². The number of hydrogen-bond acceptors (Lipinski definition) is 5. The molecule has 118 valence electrons. The second-order valence-corrected chi connectivity index (χ2v) is 5.59. The third-order valence-electron chi connectivity index (χ3n) is 3.05. The summed E-state index contributed by atoms with van der Waals surface area (Å²) in [6.07, 6.45) is 0. The fourth-order valence-corrected chi connectivity index (χ4v) is 2.48. The monoisotopic (exact) mass is 347 g/mol. The molecule has 0 aliphatic rings. The number of imide groups is 1. The van der Waals surface area contributed by atoms with Crippen LogP contribution in [0.4, 0.5) is 0 Å². The van der Waals surface area contributed by atoms with Crippen LogP contribution in [0.15, 0.2) is 58.3 Å². The molecular formula is C16H13NO4S2. The van der Waals surface area contributed by atoms with Crippen molar-refractivity contribution in [3.8, 4) is 0 Å². The van der Waals surface area contributed by atoms with E-state index < -0.39 is 24.3 Å². The van der Waals surface area contributed by atoms with E-state index in [0.29, 0.717) is 14.7 Å². The first-order valence-corrected chi connectivity index (χ1v) is 7.45. The summed E-state index contributed by atoms with van der Waals surface area (Å²) in [6.45, 7) is -0.748. The van der Waals surface area contributed by atoms with E-state index in [1.807, 2.05) is 0 Å². The molecule has 0 atom stereocenters. The number of hydrogen-bond donors (Lipinski definition) is 3. The highest BCUT2D eigenvalue weighted by Crippen LogP contribution is 2.20. The van der Waals surface area contributed by atoms with E-state index in [1.54, 1.807) is 36.4 Å². The van der Waals surface area contributed by atoms with E-state index in [1.165, 1.54) is 12.1 Å². The average Bonchev–Trinajstić information content (AvgIpc) is 2.52. The smallest absolute Gasteiger partial charge is 0.323 e. The Balaban J connectivity index is 2.43. The van der Waals surface area contributed by atoms with E-state index in [-0.39, 0.29) is 11.1 Å². The zero-order chi connectivity index (χ0) is 17.0. The molecule has 0 saturated carbocycles. The second kappa shape index (κ2) is 7.34. The molecule has 2 amide bonds. The molecule has 2 rings (SSSR count). The quantitative estimate of drug-likeness (QED) is 0.587. The lowest BCUT2D eigenvalue weighted by molar-refractivity contribution is -0.137. The molecule has 0 aromatic heterocycles. The first-order valence-electron chi connectivity index (χ1n) is 6.55. The van der Waals surface area contributed by atoms with Crippen molar-refractivity contribution >= 4 is 43.0 Å². The fourth-order valence-electron chi connectivity index (χ4n) is 1.97. The molecule has 2 aromatic rings. The van der Waals surface area contributed by atoms with Crippen LogP contribution in [0.25, 0.3) is 0 Å². The SMILES string of the molecule is O=C(O)CN(C(=O)c1ccccc1S)C(=O)c1ccccc1S. The van der Waals surface area contributed by atoms with Gasteiger partial charge in [-0.15, -0.1) is 25.3 Å². The Hall–Kier alpha value is -2.25. The van der Waals surface area contributed by atoms with Crippen LogP contribution in [0.1, 0.15) is 20.7 Å². The van der Waals surface area contributed by atoms with Gasteiger partial charge in [0.15, 0.2) is 0 Å². The molecule has 0 aliphatic carbocycles. The van der Waals surface area contributed by atoms with Gasteiger partial charge >= 0.3 is 5.97 Å². The third kappa shape index (κ3) is 3.94. The van der Waals surface area contributed by atoms with Crippen LogP contribution in [0.5, 0.6) is 0 Å². The minimum atomic E-state index is -1.29. The van der Waals surface area contributed by atoms with E-state index in [9.17, 15) is 14.4 Å². The topological polar surface area (TPSA) is 74.7 Å². The Morgan fingerprint density at radius 3 is 1.57 bits per heavy atom. The number of carbonyl (C=O) groups is 3. The van der Waals surface area contributed by atoms with Crippen molar-refractivity contribution < 1.29 is 19.5 Å². The molecule has 23 heavy (non-hydrogen) atoms. The predicted molar refractivity (Wildman–Crippen MR) is 90.4 cm³/mol. The van der Waals surface area contributed by atoms with Gasteiger partial charge in [-0.05, 0) is 24.3 Å². The van der Waals surface area contributed by atoms with Gasteiger partial charge in [0.2, 0.25) is 0 Å². The summed E-state index contributed by atoms with van der Waals surface area (Å²) in [4.78, 5) is 37.7. The van der Waals surface area contributed by atoms with Crippen molar-refractivity contribution in [2.45, 2.75) is 9.79 Å². The van der Waals surface area contributed by atoms with Gasteiger partial charge in [0, 0.05) is 9.79 Å². The second-order valence-electron chi connectivity index (χ2n) is 4.62. The van der Waals surface area contributed by atoms with Crippen molar-refractivity contribution in [3.63, 3.8) is 0 Å². The van der Waals surface area contributed by atoms with Gasteiger partial charge in [-0.2, -0.15) is 0 Å². The molecule has 0 aliphatic heterocycles. The van der Waals surface area contributed by atoms with Crippen molar-refractivity contribution in [2.24, 2.45) is 0 Å². The molecule has 0 fully saturated rings. The first-order chi connectivity index (χ1) is 10.9. The number of nitrogens with zero attached hydrogens (tertiary/aromatic N) is 1. The normalized spacial score (nSPS) is 10.2. The summed E-state index contributed by atoms with van der Waals surface area (Å²) < 4.78 is 0. The van der Waals surface area contributed by atoms with Gasteiger partial charge in [0.05, 0.1) is 11.1 Å². The number of carbonyl (C=O) groups excluding carboxylic acids is 2. The molecule has 5 nitrogen and oxygen atoms in total. The van der Waals surface area contributed by atoms with Crippen molar-refractivity contribution in [1.29, 1.82) is 0 Å². The Morgan fingerprint density at radius 2 is 1.22 bits per heavy atom. The minimum absolute atomic E-state index is 0.155. The van der Waals surface area contributed by atoms with Crippen molar-refractivity contribution in [1.82, 2.24) is 4.90 Å². The van der Waals surface area contributed by atoms with Gasteiger partial charge in [-0.25, -0.2) is 0 Å². The molecule has 0 unspecified atom stereocenters. The lowest BCUT2D eigenvalue weighted by atomic mass is 10.1. The lowest BCUT2D eigenvalue weighted by Gasteiger charge is -2.20. The van der Waals surface area contributed by atoms with E-state index in [2.05, 4.69) is 25.3 Å². The Labute approximate surface area is 143 Å². The third-order valence-corrected chi connectivity index (χ3v) is 3.83. The summed E-state index contributed by atoms with van der Waals surface area (Å²) in [7, 11) is 0. The van der Waals surface area contributed by atoms with Gasteiger partial charge < -0.3 is 5.11 Å². The van der Waals surface area contributed by atoms with Gasteiger partial charge in [0.1, 0.15) is 6.54 Å². The summed E-state index contributed by atoms with van der Waals surface area (Å²) in [5.74, 6) is -2.74. The number of amides is 2. The molecule has 0 heterocycles. The van der Waals surface area contributed by atoms with Crippen molar-refractivity contribution in [2.75, 3.05) is 6.54 Å². The number of thiol groups is 2. The van der Waals surface area contributed by atoms with E-state index >= 15 is 0 Å². The summed E-state index contributed by atoms with van der Waals surface area (Å²) in [5.41, 5.74) is 0.309. The molecule has 0 spiro atoms. The molecular weight excluding hydrogens is 334 g/mol. The summed E-state index contributed by atoms with van der Waals surface area (Å²) in [5, 5.41) is 9.03. The highest BCUT2D eigenvalue weighted by molar-refractivity contribution is 7.80. The van der Waals surface area contributed by atoms with Gasteiger partial charge in [-0.3, -0.25) is 19.3 Å². The number of carboxylic acids is 1. The van der Waals surface area contributed by atoms with Crippen LogP contribution < -0.4 is 0 Å². The Kier molecular flexibility index (Phi) is 5.46. The maximum Gasteiger partial charge on any atom is 0.323 e. The fraction of sp³-hybridized carbons (Fsp3) is 0.0625. The molecule has 2 aromatic carbocycles. The van der Waals surface area contributed by atoms with Gasteiger partial charge in [-0.1, -0.05) is 24.3 Å². The van der Waals surface area contributed by atoms with Gasteiger partial charge in [0.25, 0.3) is 11.8 Å². The maximum absolute atomic E-state index is 12.6. The van der Waals surface area contributed by atoms with Crippen LogP contribution in [0.3, 0.4) is 0 Å². The molecule has 1 N–H and O–H groups in total. The molecule has 0 bridgehead atoms. The zero-order valence-electron chi connectivity index (χ0n) is 11.8. The zero-order valence-corrected chi connectivity index (χ0v) is 13.6. The first kappa shape index (κ1) is 17.1. The van der Waals surface area contributed by atoms with E-state index in [0.717, 1.165) is 0 Å².